The summed E-state index contributed by atoms with van der Waals surface area (Å²) in [5, 5.41) is 5.51. The summed E-state index contributed by atoms with van der Waals surface area (Å²) in [6.45, 7) is 0. The number of anilines is 2. The first-order chi connectivity index (χ1) is 15.2. The van der Waals surface area contributed by atoms with Crippen LogP contribution < -0.4 is 15.4 Å². The molecule has 0 unspecified atom stereocenters. The molecule has 0 aliphatic rings. The summed E-state index contributed by atoms with van der Waals surface area (Å²) in [5.74, 6) is 0.0111. The number of nitrogens with one attached hydrogen (secondary N) is 2. The summed E-state index contributed by atoms with van der Waals surface area (Å²) < 4.78 is 30.4. The molecule has 0 radical (unpaired) electrons. The molecule has 2 amide bonds. The maximum Gasteiger partial charge on any atom is 0.255 e. The van der Waals surface area contributed by atoms with Gasteiger partial charge in [-0.2, -0.15) is 0 Å². The van der Waals surface area contributed by atoms with E-state index in [0.29, 0.717) is 28.3 Å². The fraction of sp³-hybridized carbons (Fsp3) is 0.130. The van der Waals surface area contributed by atoms with Crippen molar-refractivity contribution in [3.8, 4) is 5.75 Å². The second-order valence-corrected chi connectivity index (χ2v) is 9.18. The highest BCUT2D eigenvalue weighted by Crippen LogP contribution is 2.18. The third-order valence-electron chi connectivity index (χ3n) is 4.65. The molecule has 166 valence electrons. The van der Waals surface area contributed by atoms with E-state index in [-0.39, 0.29) is 10.8 Å². The van der Waals surface area contributed by atoms with Crippen LogP contribution in [0.2, 0.25) is 0 Å². The summed E-state index contributed by atoms with van der Waals surface area (Å²) in [4.78, 5) is 25.0. The van der Waals surface area contributed by atoms with Gasteiger partial charge in [0, 0.05) is 36.6 Å². The molecule has 2 N–H and O–H groups in total. The molecule has 3 rings (SSSR count). The molecule has 0 fully saturated rings. The van der Waals surface area contributed by atoms with E-state index in [1.54, 1.807) is 55.6 Å². The minimum atomic E-state index is -3.56. The standard InChI is InChI=1S/C23H23N3O5S/c1-26(2)32(29,30)21-14-6-17(7-15-21)23(28)24-18-8-4-16(5-9-18)22(27)25-19-10-12-20(31-3)13-11-19/h4-15H,1-3H3,(H,24,28)(H,25,27). The van der Waals surface area contributed by atoms with Gasteiger partial charge in [0.2, 0.25) is 10.0 Å². The second-order valence-electron chi connectivity index (χ2n) is 7.03. The fourth-order valence-corrected chi connectivity index (χ4v) is 3.68. The zero-order valence-corrected chi connectivity index (χ0v) is 18.6. The number of benzene rings is 3. The summed E-state index contributed by atoms with van der Waals surface area (Å²) in [6, 6.07) is 19.1. The van der Waals surface area contributed by atoms with Crippen LogP contribution in [0.25, 0.3) is 0 Å². The molecule has 3 aromatic rings. The summed E-state index contributed by atoms with van der Waals surface area (Å²) >= 11 is 0. The van der Waals surface area contributed by atoms with Crippen molar-refractivity contribution in [3.63, 3.8) is 0 Å². The number of carbonyl (C=O) groups is 2. The lowest BCUT2D eigenvalue weighted by atomic mass is 10.1. The van der Waals surface area contributed by atoms with Crippen molar-refractivity contribution in [1.29, 1.82) is 0 Å². The molecule has 8 nitrogen and oxygen atoms in total. The van der Waals surface area contributed by atoms with Crippen LogP contribution in [-0.2, 0) is 10.0 Å². The van der Waals surface area contributed by atoms with Crippen LogP contribution in [0.1, 0.15) is 20.7 Å². The van der Waals surface area contributed by atoms with Crippen LogP contribution in [0.4, 0.5) is 11.4 Å². The smallest absolute Gasteiger partial charge is 0.255 e. The normalized spacial score (nSPS) is 11.1. The lowest BCUT2D eigenvalue weighted by Gasteiger charge is -2.12. The van der Waals surface area contributed by atoms with Gasteiger partial charge in [-0.05, 0) is 72.8 Å². The largest absolute Gasteiger partial charge is 0.497 e. The molecule has 0 saturated carbocycles. The van der Waals surface area contributed by atoms with Gasteiger partial charge in [0.15, 0.2) is 0 Å². The number of carbonyl (C=O) groups excluding carboxylic acids is 2. The van der Waals surface area contributed by atoms with Crippen LogP contribution in [0, 0.1) is 0 Å². The molecule has 0 saturated heterocycles. The van der Waals surface area contributed by atoms with Crippen molar-refractivity contribution in [3.05, 3.63) is 83.9 Å². The van der Waals surface area contributed by atoms with Gasteiger partial charge in [-0.1, -0.05) is 0 Å². The molecular formula is C23H23N3O5S. The summed E-state index contributed by atoms with van der Waals surface area (Å²) in [6.07, 6.45) is 0. The third-order valence-corrected chi connectivity index (χ3v) is 6.48. The molecular weight excluding hydrogens is 430 g/mol. The first kappa shape index (κ1) is 23.0. The number of amides is 2. The van der Waals surface area contributed by atoms with E-state index in [9.17, 15) is 18.0 Å². The number of hydrogen-bond acceptors (Lipinski definition) is 5. The van der Waals surface area contributed by atoms with Crippen molar-refractivity contribution >= 4 is 33.2 Å². The lowest BCUT2D eigenvalue weighted by Crippen LogP contribution is -2.22. The van der Waals surface area contributed by atoms with Gasteiger partial charge in [-0.3, -0.25) is 9.59 Å². The van der Waals surface area contributed by atoms with Gasteiger partial charge in [0.1, 0.15) is 5.75 Å². The van der Waals surface area contributed by atoms with Gasteiger partial charge < -0.3 is 15.4 Å². The number of nitrogens with zero attached hydrogens (tertiary/aromatic N) is 1. The highest BCUT2D eigenvalue weighted by atomic mass is 32.2. The molecule has 9 heteroatoms. The monoisotopic (exact) mass is 453 g/mol. The number of ether oxygens (including phenoxy) is 1. The number of hydrogen-bond donors (Lipinski definition) is 2. The maximum absolute atomic E-state index is 12.5. The van der Waals surface area contributed by atoms with E-state index in [4.69, 9.17) is 4.74 Å². The number of methoxy groups -OCH3 is 1. The van der Waals surface area contributed by atoms with Crippen LogP contribution in [-0.4, -0.2) is 45.7 Å². The van der Waals surface area contributed by atoms with Gasteiger partial charge in [0.05, 0.1) is 12.0 Å². The van der Waals surface area contributed by atoms with E-state index in [1.165, 1.54) is 38.4 Å². The van der Waals surface area contributed by atoms with E-state index in [0.717, 1.165) is 4.31 Å². The Labute approximate surface area is 186 Å². The molecule has 0 heterocycles. The summed E-state index contributed by atoms with van der Waals surface area (Å²) in [7, 11) is 0.891. The second kappa shape index (κ2) is 9.63. The lowest BCUT2D eigenvalue weighted by molar-refractivity contribution is 0.102. The predicted octanol–water partition coefficient (Wildman–Crippen LogP) is 3.45. The Kier molecular flexibility index (Phi) is 6.92. The van der Waals surface area contributed by atoms with Crippen molar-refractivity contribution in [1.82, 2.24) is 4.31 Å². The quantitative estimate of drug-likeness (QED) is 0.570. The highest BCUT2D eigenvalue weighted by Gasteiger charge is 2.17. The molecule has 0 atom stereocenters. The molecule has 0 spiro atoms. The van der Waals surface area contributed by atoms with Crippen molar-refractivity contribution < 1.29 is 22.7 Å². The van der Waals surface area contributed by atoms with E-state index >= 15 is 0 Å². The van der Waals surface area contributed by atoms with Crippen molar-refractivity contribution in [2.24, 2.45) is 0 Å². The Balaban J connectivity index is 1.63. The Morgan fingerprint density at radius 2 is 1.12 bits per heavy atom. The average Bonchev–Trinajstić information content (AvgIpc) is 2.80. The number of sulfonamides is 1. The molecule has 0 aliphatic heterocycles. The zero-order chi connectivity index (χ0) is 23.3. The predicted molar refractivity (Wildman–Crippen MR) is 123 cm³/mol. The van der Waals surface area contributed by atoms with Crippen LogP contribution in [0.3, 0.4) is 0 Å². The minimum Gasteiger partial charge on any atom is -0.497 e. The first-order valence-corrected chi connectivity index (χ1v) is 11.0. The minimum absolute atomic E-state index is 0.103. The highest BCUT2D eigenvalue weighted by molar-refractivity contribution is 7.89. The Hall–Kier alpha value is -3.69. The molecule has 3 aromatic carbocycles. The van der Waals surface area contributed by atoms with Gasteiger partial charge >= 0.3 is 0 Å². The molecule has 0 bridgehead atoms. The van der Waals surface area contributed by atoms with Crippen LogP contribution in [0.15, 0.2) is 77.7 Å². The van der Waals surface area contributed by atoms with E-state index in [2.05, 4.69) is 10.6 Å². The van der Waals surface area contributed by atoms with Gasteiger partial charge in [0.25, 0.3) is 11.8 Å². The van der Waals surface area contributed by atoms with E-state index in [1.807, 2.05) is 0 Å². The third kappa shape index (κ3) is 5.32. The molecule has 0 aliphatic carbocycles. The fourth-order valence-electron chi connectivity index (χ4n) is 2.77. The Bertz CT molecular complexity index is 1200. The van der Waals surface area contributed by atoms with Crippen molar-refractivity contribution in [2.45, 2.75) is 4.90 Å². The van der Waals surface area contributed by atoms with Gasteiger partial charge in [-0.25, -0.2) is 12.7 Å². The van der Waals surface area contributed by atoms with Crippen LogP contribution in [0.5, 0.6) is 5.75 Å². The SMILES string of the molecule is COc1ccc(NC(=O)c2ccc(NC(=O)c3ccc(S(=O)(=O)N(C)C)cc3)cc2)cc1. The Morgan fingerprint density at radius 3 is 1.53 bits per heavy atom. The molecule has 0 aromatic heterocycles. The van der Waals surface area contributed by atoms with Crippen molar-refractivity contribution in [2.75, 3.05) is 31.8 Å². The molecule has 32 heavy (non-hydrogen) atoms. The van der Waals surface area contributed by atoms with E-state index < -0.39 is 15.9 Å². The van der Waals surface area contributed by atoms with Gasteiger partial charge in [-0.15, -0.1) is 0 Å². The first-order valence-electron chi connectivity index (χ1n) is 9.60. The topological polar surface area (TPSA) is 105 Å². The average molecular weight is 454 g/mol. The summed E-state index contributed by atoms with van der Waals surface area (Å²) in [5.41, 5.74) is 1.87. The number of rotatable bonds is 7. The van der Waals surface area contributed by atoms with Crippen LogP contribution >= 0.6 is 0 Å². The zero-order valence-electron chi connectivity index (χ0n) is 17.8. The Morgan fingerprint density at radius 1 is 0.719 bits per heavy atom. The maximum atomic E-state index is 12.5.